The zero-order valence-corrected chi connectivity index (χ0v) is 18.5. The van der Waals surface area contributed by atoms with Gasteiger partial charge in [-0.15, -0.1) is 0 Å². The number of hydrogen-bond acceptors (Lipinski definition) is 1. The normalized spacial score (nSPS) is 29.5. The number of halogens is 1. The summed E-state index contributed by atoms with van der Waals surface area (Å²) in [5.74, 6) is 3.79. The van der Waals surface area contributed by atoms with Gasteiger partial charge < -0.3 is 4.74 Å². The molecule has 0 N–H and O–H groups in total. The van der Waals surface area contributed by atoms with Gasteiger partial charge in [-0.05, 0) is 67.7 Å². The molecule has 0 spiro atoms. The lowest BCUT2D eigenvalue weighted by molar-refractivity contribution is 0.148. The molecule has 0 atom stereocenters. The van der Waals surface area contributed by atoms with Crippen molar-refractivity contribution in [3.05, 3.63) is 29.3 Å². The van der Waals surface area contributed by atoms with Gasteiger partial charge in [0.1, 0.15) is 5.75 Å². The third-order valence-electron chi connectivity index (χ3n) is 6.96. The SMILES string of the molecule is CCCCC[SiH]1CCC([C@H]2CC[C@H](COc3ccc(Cl)cc3)CC2)CC1. The van der Waals surface area contributed by atoms with E-state index in [2.05, 4.69) is 6.92 Å². The Balaban J connectivity index is 1.32. The summed E-state index contributed by atoms with van der Waals surface area (Å²) in [5, 5.41) is 0.779. The molecule has 2 fully saturated rings. The van der Waals surface area contributed by atoms with E-state index in [1.165, 1.54) is 44.9 Å². The third kappa shape index (κ3) is 6.30. The van der Waals surface area contributed by atoms with Crippen LogP contribution in [-0.4, -0.2) is 15.4 Å². The molecule has 1 nitrogen and oxygen atoms in total. The Kier molecular flexibility index (Phi) is 8.38. The molecule has 1 aliphatic carbocycles. The fourth-order valence-corrected chi connectivity index (χ4v) is 8.86. The van der Waals surface area contributed by atoms with E-state index in [0.717, 1.165) is 35.1 Å². The molecule has 0 bridgehead atoms. The minimum atomic E-state index is -0.342. The lowest BCUT2D eigenvalue weighted by Crippen LogP contribution is -2.29. The smallest absolute Gasteiger partial charge is 0.119 e. The van der Waals surface area contributed by atoms with Crippen LogP contribution in [0.4, 0.5) is 0 Å². The van der Waals surface area contributed by atoms with Crippen LogP contribution in [0.15, 0.2) is 24.3 Å². The molecule has 0 aromatic heterocycles. The average Bonchev–Trinajstić information content (AvgIpc) is 2.69. The molecule has 1 aliphatic heterocycles. The maximum absolute atomic E-state index is 5.99. The van der Waals surface area contributed by atoms with Gasteiger partial charge >= 0.3 is 0 Å². The van der Waals surface area contributed by atoms with Crippen LogP contribution in [-0.2, 0) is 0 Å². The van der Waals surface area contributed by atoms with Crippen LogP contribution in [0.5, 0.6) is 5.75 Å². The highest BCUT2D eigenvalue weighted by Gasteiger charge is 2.31. The Morgan fingerprint density at radius 1 is 0.923 bits per heavy atom. The van der Waals surface area contributed by atoms with Crippen LogP contribution in [0.2, 0.25) is 23.2 Å². The van der Waals surface area contributed by atoms with Crippen molar-refractivity contribution in [3.8, 4) is 5.75 Å². The van der Waals surface area contributed by atoms with Gasteiger partial charge in [0, 0.05) is 13.8 Å². The first kappa shape index (κ1) is 20.3. The Morgan fingerprint density at radius 2 is 1.58 bits per heavy atom. The van der Waals surface area contributed by atoms with Gasteiger partial charge in [-0.2, -0.15) is 0 Å². The molecule has 1 aromatic rings. The van der Waals surface area contributed by atoms with Crippen LogP contribution in [0.25, 0.3) is 0 Å². The summed E-state index contributed by atoms with van der Waals surface area (Å²) in [4.78, 5) is 0. The van der Waals surface area contributed by atoms with E-state index in [1.54, 1.807) is 31.0 Å². The number of ether oxygens (including phenoxy) is 1. The molecule has 26 heavy (non-hydrogen) atoms. The fourth-order valence-electron chi connectivity index (χ4n) is 5.20. The van der Waals surface area contributed by atoms with E-state index in [-0.39, 0.29) is 8.80 Å². The van der Waals surface area contributed by atoms with E-state index < -0.39 is 0 Å². The Hall–Kier alpha value is -0.473. The monoisotopic (exact) mass is 392 g/mol. The number of rotatable bonds is 8. The number of unbranched alkanes of at least 4 members (excludes halogenated alkanes) is 2. The van der Waals surface area contributed by atoms with Crippen molar-refractivity contribution < 1.29 is 4.74 Å². The molecule has 1 aromatic carbocycles. The van der Waals surface area contributed by atoms with Gasteiger partial charge in [0.2, 0.25) is 0 Å². The lowest BCUT2D eigenvalue weighted by atomic mass is 9.74. The number of hydrogen-bond donors (Lipinski definition) is 0. The molecular weight excluding hydrogens is 356 g/mol. The first-order valence-electron chi connectivity index (χ1n) is 11.1. The summed E-state index contributed by atoms with van der Waals surface area (Å²) >= 11 is 5.94. The van der Waals surface area contributed by atoms with Gasteiger partial charge in [0.15, 0.2) is 0 Å². The Labute approximate surface area is 167 Å². The van der Waals surface area contributed by atoms with Gasteiger partial charge in [-0.25, -0.2) is 0 Å². The molecule has 1 heterocycles. The van der Waals surface area contributed by atoms with Crippen LogP contribution in [0.3, 0.4) is 0 Å². The van der Waals surface area contributed by atoms with Crippen molar-refractivity contribution in [1.29, 1.82) is 0 Å². The van der Waals surface area contributed by atoms with E-state index >= 15 is 0 Å². The van der Waals surface area contributed by atoms with Gasteiger partial charge in [0.05, 0.1) is 6.61 Å². The van der Waals surface area contributed by atoms with Crippen molar-refractivity contribution >= 4 is 20.4 Å². The van der Waals surface area contributed by atoms with E-state index in [9.17, 15) is 0 Å². The van der Waals surface area contributed by atoms with Crippen molar-refractivity contribution in [2.45, 2.75) is 82.8 Å². The van der Waals surface area contributed by atoms with Crippen molar-refractivity contribution in [2.24, 2.45) is 17.8 Å². The molecule has 146 valence electrons. The van der Waals surface area contributed by atoms with Crippen molar-refractivity contribution in [3.63, 3.8) is 0 Å². The summed E-state index contributed by atoms with van der Waals surface area (Å²) in [6.07, 6.45) is 13.1. The molecule has 0 unspecified atom stereocenters. The molecule has 1 saturated heterocycles. The van der Waals surface area contributed by atoms with Crippen LogP contribution < -0.4 is 4.74 Å². The van der Waals surface area contributed by atoms with Crippen molar-refractivity contribution in [2.75, 3.05) is 6.61 Å². The molecular formula is C23H37ClOSi. The highest BCUT2D eigenvalue weighted by atomic mass is 35.5. The van der Waals surface area contributed by atoms with Crippen LogP contribution in [0.1, 0.15) is 64.7 Å². The zero-order valence-electron chi connectivity index (χ0n) is 16.6. The lowest BCUT2D eigenvalue weighted by Gasteiger charge is -2.37. The first-order valence-corrected chi connectivity index (χ1v) is 14.0. The maximum atomic E-state index is 5.99. The second-order valence-electron chi connectivity index (χ2n) is 8.82. The van der Waals surface area contributed by atoms with Crippen LogP contribution in [0, 0.1) is 17.8 Å². The summed E-state index contributed by atoms with van der Waals surface area (Å²) in [5.41, 5.74) is 0. The Morgan fingerprint density at radius 3 is 2.23 bits per heavy atom. The highest BCUT2D eigenvalue weighted by Crippen LogP contribution is 2.41. The van der Waals surface area contributed by atoms with Crippen LogP contribution >= 0.6 is 11.6 Å². The summed E-state index contributed by atoms with van der Waals surface area (Å²) in [7, 11) is -0.342. The van der Waals surface area contributed by atoms with Gasteiger partial charge in [-0.1, -0.05) is 68.8 Å². The molecule has 2 aliphatic rings. The predicted molar refractivity (Wildman–Crippen MR) is 116 cm³/mol. The average molecular weight is 393 g/mol. The molecule has 1 saturated carbocycles. The molecule has 3 heteroatoms. The second-order valence-corrected chi connectivity index (χ2v) is 12.7. The van der Waals surface area contributed by atoms with Crippen molar-refractivity contribution in [1.82, 2.24) is 0 Å². The fraction of sp³-hybridized carbons (Fsp3) is 0.739. The third-order valence-corrected chi connectivity index (χ3v) is 10.7. The molecule has 0 amide bonds. The summed E-state index contributed by atoms with van der Waals surface area (Å²) < 4.78 is 5.99. The second kappa shape index (κ2) is 10.8. The standard InChI is InChI=1S/C23H37ClOSi/c1-2-3-4-15-26-16-13-21(14-17-26)20-7-5-19(6-8-20)18-25-23-11-9-22(24)10-12-23/h9-12,19-21,26H,2-8,13-18H2,1H3/t19-,20-,21?,26?. The van der Waals surface area contributed by atoms with Gasteiger partial charge in [-0.3, -0.25) is 0 Å². The molecule has 3 rings (SSSR count). The van der Waals surface area contributed by atoms with Gasteiger partial charge in [0.25, 0.3) is 0 Å². The largest absolute Gasteiger partial charge is 0.493 e. The minimum Gasteiger partial charge on any atom is -0.493 e. The topological polar surface area (TPSA) is 9.23 Å². The summed E-state index contributed by atoms with van der Waals surface area (Å²) in [6, 6.07) is 12.7. The highest BCUT2D eigenvalue weighted by molar-refractivity contribution is 6.58. The maximum Gasteiger partial charge on any atom is 0.119 e. The summed E-state index contributed by atoms with van der Waals surface area (Å²) in [6.45, 7) is 3.21. The molecule has 0 radical (unpaired) electrons. The van der Waals surface area contributed by atoms with E-state index in [1.807, 2.05) is 24.3 Å². The first-order chi connectivity index (χ1) is 12.7. The Bertz CT molecular complexity index is 501. The number of benzene rings is 1. The van der Waals surface area contributed by atoms with E-state index in [4.69, 9.17) is 16.3 Å². The zero-order chi connectivity index (χ0) is 18.2. The van der Waals surface area contributed by atoms with E-state index in [0.29, 0.717) is 0 Å². The minimum absolute atomic E-state index is 0.342. The predicted octanol–water partition coefficient (Wildman–Crippen LogP) is 7.35. The quantitative estimate of drug-likeness (QED) is 0.331.